The van der Waals surface area contributed by atoms with E-state index in [2.05, 4.69) is 15.0 Å². The van der Waals surface area contributed by atoms with Gasteiger partial charge in [0.25, 0.3) is 5.88 Å². The first kappa shape index (κ1) is 10.3. The first-order valence-electron chi connectivity index (χ1n) is 4.84. The highest BCUT2D eigenvalue weighted by molar-refractivity contribution is 5.21. The Morgan fingerprint density at radius 2 is 2.00 bits per heavy atom. The number of hydrogen-bond acceptors (Lipinski definition) is 6. The van der Waals surface area contributed by atoms with Crippen molar-refractivity contribution in [1.82, 2.24) is 9.97 Å². The minimum Gasteiger partial charge on any atom is -0.381 e. The average Bonchev–Trinajstić information content (AvgIpc) is 2.31. The summed E-state index contributed by atoms with van der Waals surface area (Å²) in [6, 6.07) is 0. The maximum atomic E-state index is 5.28. The van der Waals surface area contributed by atoms with Crippen molar-refractivity contribution in [2.24, 2.45) is 5.90 Å². The topological polar surface area (TPSA) is 79.5 Å². The van der Waals surface area contributed by atoms with Gasteiger partial charge in [-0.25, -0.2) is 4.98 Å². The second-order valence-electron chi connectivity index (χ2n) is 3.31. The molecule has 0 atom stereocenters. The van der Waals surface area contributed by atoms with Gasteiger partial charge >= 0.3 is 0 Å². The molecule has 1 aromatic rings. The van der Waals surface area contributed by atoms with Crippen molar-refractivity contribution in [1.29, 1.82) is 0 Å². The Kier molecular flexibility index (Phi) is 3.44. The van der Waals surface area contributed by atoms with Gasteiger partial charge in [-0.05, 0) is 12.8 Å². The molecule has 0 saturated carbocycles. The first-order chi connectivity index (χ1) is 7.42. The third-order valence-electron chi connectivity index (χ3n) is 2.43. The Hall–Kier alpha value is -1.24. The van der Waals surface area contributed by atoms with E-state index in [0.29, 0.717) is 11.8 Å². The Balaban J connectivity index is 2.17. The van der Waals surface area contributed by atoms with Crippen LogP contribution < -0.4 is 10.8 Å². The Bertz CT molecular complexity index is 315. The summed E-state index contributed by atoms with van der Waals surface area (Å²) in [5.74, 6) is 5.49. The zero-order valence-electron chi connectivity index (χ0n) is 8.26. The molecule has 2 N–H and O–H groups in total. The lowest BCUT2D eigenvalue weighted by Gasteiger charge is -2.21. The molecule has 1 aliphatic rings. The van der Waals surface area contributed by atoms with Crippen LogP contribution in [0.4, 0.5) is 0 Å². The second kappa shape index (κ2) is 5.01. The molecule has 2 heterocycles. The van der Waals surface area contributed by atoms with Crippen molar-refractivity contribution in [3.63, 3.8) is 0 Å². The molecular weight excluding hydrogens is 198 g/mol. The van der Waals surface area contributed by atoms with Gasteiger partial charge in [-0.2, -0.15) is 5.90 Å². The molecule has 82 valence electrons. The van der Waals surface area contributed by atoms with Crippen LogP contribution in [0.2, 0.25) is 0 Å². The second-order valence-corrected chi connectivity index (χ2v) is 3.31. The molecule has 6 heteroatoms. The van der Waals surface area contributed by atoms with Gasteiger partial charge in [0.05, 0.1) is 0 Å². The molecule has 0 radical (unpaired) electrons. The third-order valence-corrected chi connectivity index (χ3v) is 2.43. The number of nitrogens with zero attached hydrogens (tertiary/aromatic N) is 2. The Labute approximate surface area is 87.3 Å². The van der Waals surface area contributed by atoms with Crippen LogP contribution in [-0.4, -0.2) is 23.2 Å². The number of rotatable bonds is 3. The summed E-state index contributed by atoms with van der Waals surface area (Å²) in [5.41, 5.74) is 0.784. The molecule has 0 amide bonds. The van der Waals surface area contributed by atoms with E-state index in [1.165, 1.54) is 6.20 Å². The van der Waals surface area contributed by atoms with Crippen LogP contribution >= 0.6 is 0 Å². The average molecular weight is 211 g/mol. The van der Waals surface area contributed by atoms with Crippen LogP contribution in [0.15, 0.2) is 12.4 Å². The van der Waals surface area contributed by atoms with Crippen molar-refractivity contribution in [3.8, 4) is 5.88 Å². The number of ether oxygens (including phenoxy) is 1. The van der Waals surface area contributed by atoms with Crippen LogP contribution in [0.3, 0.4) is 0 Å². The van der Waals surface area contributed by atoms with Gasteiger partial charge in [-0.3, -0.25) is 9.87 Å². The zero-order valence-corrected chi connectivity index (χ0v) is 8.26. The van der Waals surface area contributed by atoms with E-state index in [1.54, 1.807) is 6.20 Å². The van der Waals surface area contributed by atoms with Crippen LogP contribution in [0.25, 0.3) is 0 Å². The lowest BCUT2D eigenvalue weighted by molar-refractivity contribution is -0.215. The smallest absolute Gasteiger partial charge is 0.280 e. The molecule has 1 saturated heterocycles. The SMILES string of the molecule is NOOc1nccnc1C1CCOCC1. The van der Waals surface area contributed by atoms with Crippen LogP contribution in [0.5, 0.6) is 5.88 Å². The van der Waals surface area contributed by atoms with Crippen molar-refractivity contribution in [2.45, 2.75) is 18.8 Å². The summed E-state index contributed by atoms with van der Waals surface area (Å²) in [5, 5.41) is 0. The molecular formula is C9H13N3O3. The molecule has 0 aromatic carbocycles. The molecule has 1 fully saturated rings. The predicted octanol–water partition coefficient (Wildman–Crippen LogP) is 0.555. The molecule has 6 nitrogen and oxygen atoms in total. The fraction of sp³-hybridized carbons (Fsp3) is 0.556. The van der Waals surface area contributed by atoms with E-state index in [-0.39, 0.29) is 0 Å². The van der Waals surface area contributed by atoms with Crippen molar-refractivity contribution >= 4 is 0 Å². The maximum Gasteiger partial charge on any atom is 0.280 e. The summed E-state index contributed by atoms with van der Waals surface area (Å²) >= 11 is 0. The van der Waals surface area contributed by atoms with Gasteiger partial charge in [-0.15, -0.1) is 0 Å². The van der Waals surface area contributed by atoms with Gasteiger partial charge in [0.2, 0.25) is 0 Å². The largest absolute Gasteiger partial charge is 0.381 e. The quantitative estimate of drug-likeness (QED) is 0.581. The first-order valence-corrected chi connectivity index (χ1v) is 4.84. The predicted molar refractivity (Wildman–Crippen MR) is 50.7 cm³/mol. The van der Waals surface area contributed by atoms with Crippen LogP contribution in [0.1, 0.15) is 24.5 Å². The minimum absolute atomic E-state index is 0.303. The maximum absolute atomic E-state index is 5.28. The fourth-order valence-electron chi connectivity index (χ4n) is 1.70. The summed E-state index contributed by atoms with van der Waals surface area (Å²) in [6.07, 6.45) is 5.00. The normalized spacial score (nSPS) is 17.7. The van der Waals surface area contributed by atoms with Crippen molar-refractivity contribution < 1.29 is 14.6 Å². The van der Waals surface area contributed by atoms with Gasteiger partial charge in [-0.1, -0.05) is 4.99 Å². The monoisotopic (exact) mass is 211 g/mol. The zero-order chi connectivity index (χ0) is 10.5. The van der Waals surface area contributed by atoms with Gasteiger partial charge in [0.15, 0.2) is 0 Å². The van der Waals surface area contributed by atoms with Gasteiger partial charge < -0.3 is 4.74 Å². The van der Waals surface area contributed by atoms with E-state index in [0.717, 1.165) is 31.7 Å². The summed E-state index contributed by atoms with van der Waals surface area (Å²) in [4.78, 5) is 17.1. The Morgan fingerprint density at radius 3 is 2.73 bits per heavy atom. The molecule has 0 aliphatic carbocycles. The van der Waals surface area contributed by atoms with E-state index < -0.39 is 0 Å². The number of nitrogens with two attached hydrogens (primary N) is 1. The van der Waals surface area contributed by atoms with Gasteiger partial charge in [0.1, 0.15) is 5.69 Å². The van der Waals surface area contributed by atoms with Crippen molar-refractivity contribution in [2.75, 3.05) is 13.2 Å². The fourth-order valence-corrected chi connectivity index (χ4v) is 1.70. The number of aromatic nitrogens is 2. The number of hydrogen-bond donors (Lipinski definition) is 1. The minimum atomic E-state index is 0.303. The lowest BCUT2D eigenvalue weighted by atomic mass is 9.96. The molecule has 0 unspecified atom stereocenters. The highest BCUT2D eigenvalue weighted by Gasteiger charge is 2.22. The molecule has 1 aliphatic heterocycles. The Morgan fingerprint density at radius 1 is 1.27 bits per heavy atom. The standard InChI is InChI=1S/C9H13N3O3/c10-15-14-9-8(11-3-4-12-9)7-1-5-13-6-2-7/h3-4,7H,1-2,5-6,10H2. The molecule has 15 heavy (non-hydrogen) atoms. The molecule has 1 aromatic heterocycles. The molecule has 0 spiro atoms. The van der Waals surface area contributed by atoms with E-state index in [4.69, 9.17) is 15.5 Å². The van der Waals surface area contributed by atoms with Crippen LogP contribution in [0, 0.1) is 0 Å². The van der Waals surface area contributed by atoms with E-state index in [1.807, 2.05) is 0 Å². The van der Waals surface area contributed by atoms with Gasteiger partial charge in [0, 0.05) is 31.5 Å². The highest BCUT2D eigenvalue weighted by Crippen LogP contribution is 2.30. The summed E-state index contributed by atoms with van der Waals surface area (Å²) in [6.45, 7) is 1.48. The third kappa shape index (κ3) is 2.41. The lowest BCUT2D eigenvalue weighted by Crippen LogP contribution is -2.17. The molecule has 0 bridgehead atoms. The summed E-state index contributed by atoms with van der Waals surface area (Å²) < 4.78 is 5.28. The van der Waals surface area contributed by atoms with E-state index in [9.17, 15) is 0 Å². The molecule has 2 rings (SSSR count). The summed E-state index contributed by atoms with van der Waals surface area (Å²) in [7, 11) is 0. The highest BCUT2D eigenvalue weighted by atomic mass is 17.3. The van der Waals surface area contributed by atoms with Crippen molar-refractivity contribution in [3.05, 3.63) is 18.1 Å². The van der Waals surface area contributed by atoms with E-state index >= 15 is 0 Å². The van der Waals surface area contributed by atoms with Crippen LogP contribution in [-0.2, 0) is 9.73 Å².